The Morgan fingerprint density at radius 3 is 2.27 bits per heavy atom. The van der Waals surface area contributed by atoms with Crippen LogP contribution in [0.5, 0.6) is 5.75 Å². The number of aryl methyl sites for hydroxylation is 1. The molecule has 1 heterocycles. The predicted molar refractivity (Wildman–Crippen MR) is 149 cm³/mol. The number of aliphatic hydroxyl groups excluding tert-OH is 1. The van der Waals surface area contributed by atoms with Gasteiger partial charge in [-0.1, -0.05) is 58.9 Å². The van der Waals surface area contributed by atoms with Crippen molar-refractivity contribution in [3.05, 3.63) is 70.3 Å². The zero-order valence-electron chi connectivity index (χ0n) is 23.6. The van der Waals surface area contributed by atoms with Crippen LogP contribution in [0.15, 0.2) is 48.0 Å². The first-order valence-electron chi connectivity index (χ1n) is 13.1. The Balaban J connectivity index is 2.06. The van der Waals surface area contributed by atoms with Crippen LogP contribution in [0, 0.1) is 12.8 Å². The number of Topliss-reactive ketones (excluding diaryl/α,β-unsaturated/α-hetero) is 1. The average Bonchev–Trinajstić information content (AvgIpc) is 3.07. The molecule has 0 radical (unpaired) electrons. The first kappa shape index (κ1) is 28.5. The Labute approximate surface area is 221 Å². The predicted octanol–water partition coefficient (Wildman–Crippen LogP) is 5.70. The van der Waals surface area contributed by atoms with E-state index in [-0.39, 0.29) is 16.7 Å². The highest BCUT2D eigenvalue weighted by atomic mass is 16.5. The number of amides is 1. The number of carbonyl (C=O) groups excluding carboxylic acids is 2. The minimum atomic E-state index is -0.648. The Morgan fingerprint density at radius 2 is 1.73 bits per heavy atom. The van der Waals surface area contributed by atoms with Gasteiger partial charge in [0.1, 0.15) is 11.5 Å². The smallest absolute Gasteiger partial charge is 0.295 e. The number of aliphatic hydroxyl groups is 1. The van der Waals surface area contributed by atoms with Gasteiger partial charge in [-0.05, 0) is 80.2 Å². The molecule has 0 aliphatic carbocycles. The topological polar surface area (TPSA) is 70.1 Å². The quantitative estimate of drug-likeness (QED) is 0.268. The van der Waals surface area contributed by atoms with Crippen LogP contribution in [0.2, 0.25) is 0 Å². The fourth-order valence-electron chi connectivity index (χ4n) is 4.55. The maximum Gasteiger partial charge on any atom is 0.295 e. The molecule has 1 fully saturated rings. The molecule has 0 bridgehead atoms. The molecule has 200 valence electrons. The molecule has 0 unspecified atom stereocenters. The van der Waals surface area contributed by atoms with E-state index in [1.54, 1.807) is 11.0 Å². The summed E-state index contributed by atoms with van der Waals surface area (Å²) in [7, 11) is 3.96. The van der Waals surface area contributed by atoms with E-state index >= 15 is 0 Å². The number of rotatable bonds is 9. The molecule has 0 spiro atoms. The Bertz CT molecular complexity index is 1160. The Kier molecular flexibility index (Phi) is 8.85. The van der Waals surface area contributed by atoms with Crippen LogP contribution in [-0.4, -0.2) is 60.4 Å². The number of hydrogen-bond donors (Lipinski definition) is 1. The summed E-state index contributed by atoms with van der Waals surface area (Å²) in [6.07, 6.45) is 0.720. The molecular weight excluding hydrogens is 464 g/mol. The van der Waals surface area contributed by atoms with E-state index in [2.05, 4.69) is 39.5 Å². The highest BCUT2D eigenvalue weighted by molar-refractivity contribution is 6.46. The summed E-state index contributed by atoms with van der Waals surface area (Å²) in [6, 6.07) is 12.7. The lowest BCUT2D eigenvalue weighted by atomic mass is 9.85. The SMILES string of the molecule is Cc1cc(/C(O)=C2\C(=O)C(=O)N(CCCN(C)C)[C@@H]2c2ccc(C(C)(C)C)cc2)ccc1OCC(C)C. The van der Waals surface area contributed by atoms with E-state index in [4.69, 9.17) is 4.74 Å². The fourth-order valence-corrected chi connectivity index (χ4v) is 4.55. The monoisotopic (exact) mass is 506 g/mol. The zero-order valence-corrected chi connectivity index (χ0v) is 23.6. The molecular formula is C31H42N2O4. The van der Waals surface area contributed by atoms with Gasteiger partial charge in [-0.3, -0.25) is 9.59 Å². The van der Waals surface area contributed by atoms with Crippen molar-refractivity contribution in [3.8, 4) is 5.75 Å². The van der Waals surface area contributed by atoms with Crippen molar-refractivity contribution in [2.75, 3.05) is 33.8 Å². The van der Waals surface area contributed by atoms with E-state index in [9.17, 15) is 14.7 Å². The van der Waals surface area contributed by atoms with Crippen molar-refractivity contribution in [3.63, 3.8) is 0 Å². The normalized spacial score (nSPS) is 17.8. The van der Waals surface area contributed by atoms with Gasteiger partial charge in [0.2, 0.25) is 0 Å². The molecule has 3 rings (SSSR count). The van der Waals surface area contributed by atoms with Crippen LogP contribution in [-0.2, 0) is 15.0 Å². The summed E-state index contributed by atoms with van der Waals surface area (Å²) >= 11 is 0. The number of ether oxygens (including phenoxy) is 1. The molecule has 37 heavy (non-hydrogen) atoms. The van der Waals surface area contributed by atoms with Crippen molar-refractivity contribution >= 4 is 17.4 Å². The number of likely N-dealkylation sites (tertiary alicyclic amines) is 1. The molecule has 1 aliphatic heterocycles. The van der Waals surface area contributed by atoms with Gasteiger partial charge in [0.15, 0.2) is 0 Å². The van der Waals surface area contributed by atoms with Crippen molar-refractivity contribution < 1.29 is 19.4 Å². The van der Waals surface area contributed by atoms with Gasteiger partial charge in [-0.25, -0.2) is 0 Å². The lowest BCUT2D eigenvalue weighted by molar-refractivity contribution is -0.139. The molecule has 0 saturated carbocycles. The van der Waals surface area contributed by atoms with Crippen LogP contribution in [0.3, 0.4) is 0 Å². The van der Waals surface area contributed by atoms with Gasteiger partial charge in [0.25, 0.3) is 11.7 Å². The largest absolute Gasteiger partial charge is 0.507 e. The Hall–Kier alpha value is -3.12. The van der Waals surface area contributed by atoms with Crippen LogP contribution >= 0.6 is 0 Å². The van der Waals surface area contributed by atoms with E-state index in [0.717, 1.165) is 35.4 Å². The van der Waals surface area contributed by atoms with Gasteiger partial charge in [0.05, 0.1) is 18.2 Å². The maximum absolute atomic E-state index is 13.3. The second-order valence-corrected chi connectivity index (χ2v) is 11.7. The van der Waals surface area contributed by atoms with Gasteiger partial charge in [-0.15, -0.1) is 0 Å². The summed E-state index contributed by atoms with van der Waals surface area (Å²) in [4.78, 5) is 30.2. The molecule has 1 N–H and O–H groups in total. The molecule has 1 saturated heterocycles. The molecule has 0 aromatic heterocycles. The molecule has 6 nitrogen and oxygen atoms in total. The average molecular weight is 507 g/mol. The van der Waals surface area contributed by atoms with Gasteiger partial charge >= 0.3 is 0 Å². The van der Waals surface area contributed by atoms with Gasteiger partial charge < -0.3 is 19.6 Å². The number of hydrogen-bond acceptors (Lipinski definition) is 5. The van der Waals surface area contributed by atoms with Gasteiger partial charge in [0, 0.05) is 12.1 Å². The zero-order chi connectivity index (χ0) is 27.5. The van der Waals surface area contributed by atoms with Crippen molar-refractivity contribution in [1.29, 1.82) is 0 Å². The molecule has 1 amide bonds. The van der Waals surface area contributed by atoms with E-state index in [1.807, 2.05) is 57.4 Å². The van der Waals surface area contributed by atoms with Crippen LogP contribution in [0.25, 0.3) is 5.76 Å². The van der Waals surface area contributed by atoms with Crippen molar-refractivity contribution in [1.82, 2.24) is 9.80 Å². The van der Waals surface area contributed by atoms with E-state index in [0.29, 0.717) is 24.6 Å². The van der Waals surface area contributed by atoms with E-state index < -0.39 is 17.7 Å². The number of ketones is 1. The minimum absolute atomic E-state index is 0.0248. The second kappa shape index (κ2) is 11.5. The summed E-state index contributed by atoms with van der Waals surface area (Å²) in [5.74, 6) is -0.245. The van der Waals surface area contributed by atoms with E-state index in [1.165, 1.54) is 0 Å². The van der Waals surface area contributed by atoms with Crippen LogP contribution in [0.1, 0.15) is 69.3 Å². The summed E-state index contributed by atoms with van der Waals surface area (Å²) in [5.41, 5.74) is 3.44. The number of nitrogens with zero attached hydrogens (tertiary/aromatic N) is 2. The summed E-state index contributed by atoms with van der Waals surface area (Å²) in [6.45, 7) is 14.3. The standard InChI is InChI=1S/C31H42N2O4/c1-20(2)19-37-25-15-12-23(18-21(25)3)28(34)26-27(22-10-13-24(14-11-22)31(4,5)6)33(30(36)29(26)35)17-9-16-32(7)8/h10-15,18,20,27,34H,9,16-17,19H2,1-8H3/b28-26+/t27-/m1/s1. The maximum atomic E-state index is 13.3. The first-order valence-corrected chi connectivity index (χ1v) is 13.1. The fraction of sp³-hybridized carbons (Fsp3) is 0.484. The second-order valence-electron chi connectivity index (χ2n) is 11.7. The third kappa shape index (κ3) is 6.61. The number of carbonyl (C=O) groups is 2. The van der Waals surface area contributed by atoms with Crippen molar-refractivity contribution in [2.45, 2.75) is 59.4 Å². The lowest BCUT2D eigenvalue weighted by Crippen LogP contribution is -2.32. The lowest BCUT2D eigenvalue weighted by Gasteiger charge is -2.27. The molecule has 1 aliphatic rings. The van der Waals surface area contributed by atoms with Crippen molar-refractivity contribution in [2.24, 2.45) is 5.92 Å². The van der Waals surface area contributed by atoms with Gasteiger partial charge in [-0.2, -0.15) is 0 Å². The molecule has 1 atom stereocenters. The summed E-state index contributed by atoms with van der Waals surface area (Å²) in [5, 5.41) is 11.4. The minimum Gasteiger partial charge on any atom is -0.507 e. The van der Waals surface area contributed by atoms with Crippen LogP contribution < -0.4 is 4.74 Å². The highest BCUT2D eigenvalue weighted by Crippen LogP contribution is 2.40. The molecule has 2 aromatic carbocycles. The number of benzene rings is 2. The summed E-state index contributed by atoms with van der Waals surface area (Å²) < 4.78 is 5.88. The Morgan fingerprint density at radius 1 is 1.08 bits per heavy atom. The molecule has 6 heteroatoms. The highest BCUT2D eigenvalue weighted by Gasteiger charge is 2.45. The first-order chi connectivity index (χ1) is 17.3. The van der Waals surface area contributed by atoms with Crippen LogP contribution in [0.4, 0.5) is 0 Å². The third-order valence-electron chi connectivity index (χ3n) is 6.66. The third-order valence-corrected chi connectivity index (χ3v) is 6.66. The molecule has 2 aromatic rings.